The summed E-state index contributed by atoms with van der Waals surface area (Å²) in [5, 5.41) is 17.5. The number of nitrogens with zero attached hydrogens (tertiary/aromatic N) is 1. The van der Waals surface area contributed by atoms with Crippen molar-refractivity contribution in [3.63, 3.8) is 0 Å². The fourth-order valence-corrected chi connectivity index (χ4v) is 0.815. The van der Waals surface area contributed by atoms with Gasteiger partial charge < -0.3 is 15.9 Å². The monoisotopic (exact) mass is 192 g/mol. The number of anilines is 1. The summed E-state index contributed by atoms with van der Waals surface area (Å²) in [5.74, 6) is 5.98. The second kappa shape index (κ2) is 5.22. The lowest BCUT2D eigenvalue weighted by Gasteiger charge is -1.98. The summed E-state index contributed by atoms with van der Waals surface area (Å²) >= 11 is 0. The number of pyridine rings is 1. The van der Waals surface area contributed by atoms with E-state index in [1.54, 1.807) is 18.3 Å². The van der Waals surface area contributed by atoms with Crippen molar-refractivity contribution in [2.45, 2.75) is 12.5 Å². The first-order valence-corrected chi connectivity index (χ1v) is 4.21. The van der Waals surface area contributed by atoms with E-state index in [1.165, 1.54) is 0 Å². The molecule has 0 unspecified atom stereocenters. The number of hydrogen-bond acceptors (Lipinski definition) is 4. The summed E-state index contributed by atoms with van der Waals surface area (Å²) in [7, 11) is 0. The molecule has 74 valence electrons. The quantitative estimate of drug-likeness (QED) is 0.565. The molecule has 4 nitrogen and oxygen atoms in total. The molecule has 4 heteroatoms. The van der Waals surface area contributed by atoms with Crippen LogP contribution in [0.2, 0.25) is 0 Å². The summed E-state index contributed by atoms with van der Waals surface area (Å²) in [6, 6.07) is 3.41. The summed E-state index contributed by atoms with van der Waals surface area (Å²) < 4.78 is 0. The highest BCUT2D eigenvalue weighted by molar-refractivity contribution is 5.37. The van der Waals surface area contributed by atoms with E-state index in [1.807, 2.05) is 0 Å². The number of aliphatic hydroxyl groups excluding tert-OH is 2. The van der Waals surface area contributed by atoms with Crippen LogP contribution in [0, 0.1) is 11.8 Å². The summed E-state index contributed by atoms with van der Waals surface area (Å²) in [4.78, 5) is 3.86. The van der Waals surface area contributed by atoms with Crippen molar-refractivity contribution < 1.29 is 10.2 Å². The number of aromatic nitrogens is 1. The molecule has 4 N–H and O–H groups in total. The van der Waals surface area contributed by atoms with Gasteiger partial charge in [-0.05, 0) is 12.1 Å². The third-order valence-electron chi connectivity index (χ3n) is 1.57. The molecule has 0 bridgehead atoms. The normalized spacial score (nSPS) is 11.6. The van der Waals surface area contributed by atoms with Gasteiger partial charge in [0.25, 0.3) is 0 Å². The van der Waals surface area contributed by atoms with Gasteiger partial charge in [-0.1, -0.05) is 11.8 Å². The fourth-order valence-electron chi connectivity index (χ4n) is 0.815. The molecule has 0 saturated carbocycles. The zero-order valence-corrected chi connectivity index (χ0v) is 7.64. The number of aliphatic hydroxyl groups is 2. The smallest absolute Gasteiger partial charge is 0.123 e. The minimum atomic E-state index is -0.774. The summed E-state index contributed by atoms with van der Waals surface area (Å²) in [6.45, 7) is -0.269. The molecule has 0 aliphatic heterocycles. The Morgan fingerprint density at radius 2 is 2.29 bits per heavy atom. The molecule has 1 aromatic heterocycles. The molecule has 0 amide bonds. The molecule has 1 heterocycles. The first-order valence-electron chi connectivity index (χ1n) is 4.21. The van der Waals surface area contributed by atoms with E-state index in [9.17, 15) is 0 Å². The second-order valence-electron chi connectivity index (χ2n) is 2.81. The average Bonchev–Trinajstić information content (AvgIpc) is 2.21. The summed E-state index contributed by atoms with van der Waals surface area (Å²) in [5.41, 5.74) is 6.13. The standard InChI is InChI=1S/C10H12N2O2/c11-10-5-4-8(6-12-10)2-1-3-9(14)7-13/h4-6,9,13-14H,3,7H2,(H2,11,12)/t9-/m0/s1. The Balaban J connectivity index is 2.55. The van der Waals surface area contributed by atoms with Crippen molar-refractivity contribution in [1.29, 1.82) is 0 Å². The number of rotatable bonds is 2. The maximum Gasteiger partial charge on any atom is 0.123 e. The van der Waals surface area contributed by atoms with Gasteiger partial charge in [0, 0.05) is 18.2 Å². The molecular formula is C10H12N2O2. The molecule has 1 rings (SSSR count). The van der Waals surface area contributed by atoms with E-state index in [0.29, 0.717) is 5.82 Å². The lowest BCUT2D eigenvalue weighted by molar-refractivity contribution is 0.0992. The SMILES string of the molecule is Nc1ccc(C#CC[C@H](O)CO)cn1. The minimum absolute atomic E-state index is 0.251. The Morgan fingerprint density at radius 3 is 2.86 bits per heavy atom. The van der Waals surface area contributed by atoms with Crippen molar-refractivity contribution in [2.24, 2.45) is 0 Å². The Kier molecular flexibility index (Phi) is 3.92. The molecule has 14 heavy (non-hydrogen) atoms. The van der Waals surface area contributed by atoms with E-state index < -0.39 is 6.10 Å². The molecule has 0 fully saturated rings. The molecule has 0 aliphatic rings. The molecular weight excluding hydrogens is 180 g/mol. The Bertz CT molecular complexity index is 337. The van der Waals surface area contributed by atoms with E-state index in [-0.39, 0.29) is 13.0 Å². The fraction of sp³-hybridized carbons (Fsp3) is 0.300. The highest BCUT2D eigenvalue weighted by Crippen LogP contribution is 1.99. The van der Waals surface area contributed by atoms with Crippen LogP contribution >= 0.6 is 0 Å². The van der Waals surface area contributed by atoms with Crippen LogP contribution in [0.3, 0.4) is 0 Å². The minimum Gasteiger partial charge on any atom is -0.394 e. The average molecular weight is 192 g/mol. The molecule has 0 spiro atoms. The molecule has 0 radical (unpaired) electrons. The number of hydrogen-bond donors (Lipinski definition) is 3. The third kappa shape index (κ3) is 3.44. The van der Waals surface area contributed by atoms with Gasteiger partial charge >= 0.3 is 0 Å². The second-order valence-corrected chi connectivity index (χ2v) is 2.81. The topological polar surface area (TPSA) is 79.4 Å². The molecule has 0 aromatic carbocycles. The zero-order chi connectivity index (χ0) is 10.4. The van der Waals surface area contributed by atoms with E-state index in [0.717, 1.165) is 5.56 Å². The van der Waals surface area contributed by atoms with Gasteiger partial charge in [0.2, 0.25) is 0 Å². The predicted octanol–water partition coefficient (Wildman–Crippen LogP) is -0.241. The Hall–Kier alpha value is -1.57. The lowest BCUT2D eigenvalue weighted by Crippen LogP contribution is -2.09. The van der Waals surface area contributed by atoms with Gasteiger partial charge in [-0.2, -0.15) is 0 Å². The van der Waals surface area contributed by atoms with E-state index in [2.05, 4.69) is 16.8 Å². The van der Waals surface area contributed by atoms with Crippen LogP contribution in [0.1, 0.15) is 12.0 Å². The van der Waals surface area contributed by atoms with Crippen LogP contribution in [0.5, 0.6) is 0 Å². The van der Waals surface area contributed by atoms with Crippen LogP contribution < -0.4 is 5.73 Å². The Morgan fingerprint density at radius 1 is 1.50 bits per heavy atom. The predicted molar refractivity (Wildman–Crippen MR) is 53.2 cm³/mol. The summed E-state index contributed by atoms with van der Waals surface area (Å²) in [6.07, 6.45) is 1.04. The zero-order valence-electron chi connectivity index (χ0n) is 7.64. The van der Waals surface area contributed by atoms with Gasteiger partial charge in [0.1, 0.15) is 5.82 Å². The van der Waals surface area contributed by atoms with Crippen molar-refractivity contribution in [1.82, 2.24) is 4.98 Å². The van der Waals surface area contributed by atoms with E-state index >= 15 is 0 Å². The maximum atomic E-state index is 8.99. The number of nitrogens with two attached hydrogens (primary N) is 1. The molecule has 1 atom stereocenters. The van der Waals surface area contributed by atoms with Gasteiger partial charge in [-0.3, -0.25) is 0 Å². The molecule has 1 aromatic rings. The molecule has 0 saturated heterocycles. The Labute approximate surface area is 82.4 Å². The van der Waals surface area contributed by atoms with Crippen molar-refractivity contribution >= 4 is 5.82 Å². The third-order valence-corrected chi connectivity index (χ3v) is 1.57. The van der Waals surface area contributed by atoms with Gasteiger partial charge in [-0.15, -0.1) is 0 Å². The van der Waals surface area contributed by atoms with Crippen molar-refractivity contribution in [3.05, 3.63) is 23.9 Å². The largest absolute Gasteiger partial charge is 0.394 e. The van der Waals surface area contributed by atoms with Gasteiger partial charge in [-0.25, -0.2) is 4.98 Å². The first kappa shape index (κ1) is 10.5. The van der Waals surface area contributed by atoms with Gasteiger partial charge in [0.15, 0.2) is 0 Å². The van der Waals surface area contributed by atoms with Crippen molar-refractivity contribution in [3.8, 4) is 11.8 Å². The number of nitrogen functional groups attached to an aromatic ring is 1. The van der Waals surface area contributed by atoms with Crippen molar-refractivity contribution in [2.75, 3.05) is 12.3 Å². The van der Waals surface area contributed by atoms with Crippen LogP contribution in [0.4, 0.5) is 5.82 Å². The van der Waals surface area contributed by atoms with Crippen LogP contribution in [0.25, 0.3) is 0 Å². The maximum absolute atomic E-state index is 8.99. The molecule has 0 aliphatic carbocycles. The van der Waals surface area contributed by atoms with Crippen LogP contribution in [0.15, 0.2) is 18.3 Å². The van der Waals surface area contributed by atoms with E-state index in [4.69, 9.17) is 15.9 Å². The van der Waals surface area contributed by atoms with Crippen LogP contribution in [-0.4, -0.2) is 27.9 Å². The van der Waals surface area contributed by atoms with Gasteiger partial charge in [0.05, 0.1) is 12.7 Å². The highest BCUT2D eigenvalue weighted by Gasteiger charge is 1.96. The first-order chi connectivity index (χ1) is 6.72. The van der Waals surface area contributed by atoms with Crippen LogP contribution in [-0.2, 0) is 0 Å². The lowest BCUT2D eigenvalue weighted by atomic mass is 10.2. The highest BCUT2D eigenvalue weighted by atomic mass is 16.3.